The molecule has 0 bridgehead atoms. The number of halogens is 3. The van der Waals surface area contributed by atoms with Gasteiger partial charge in [-0.05, 0) is 11.5 Å². The maximum Gasteiger partial charge on any atom is 0.488 e. The van der Waals surface area contributed by atoms with E-state index in [1.807, 2.05) is 35.7 Å². The standard InChI is InChI=1S/C17H13BF3N3O2S/c19-17(20,21)14-8-13(18(25)26)7-6-12(14)9-22-24-16-23-15(10-27-16)11-4-2-1-3-5-11/h1-10,25-26H,(H,23,24). The predicted octanol–water partition coefficient (Wildman–Crippen LogP) is 2.95. The molecule has 0 amide bonds. The van der Waals surface area contributed by atoms with Crippen LogP contribution in [-0.2, 0) is 6.18 Å². The summed E-state index contributed by atoms with van der Waals surface area (Å²) in [5.41, 5.74) is 2.79. The van der Waals surface area contributed by atoms with Gasteiger partial charge in [-0.25, -0.2) is 4.98 Å². The van der Waals surface area contributed by atoms with Crippen molar-refractivity contribution in [2.24, 2.45) is 5.10 Å². The van der Waals surface area contributed by atoms with Crippen LogP contribution in [0.3, 0.4) is 0 Å². The van der Waals surface area contributed by atoms with Gasteiger partial charge >= 0.3 is 13.3 Å². The molecular weight excluding hydrogens is 378 g/mol. The van der Waals surface area contributed by atoms with Gasteiger partial charge in [0.2, 0.25) is 5.13 Å². The van der Waals surface area contributed by atoms with Gasteiger partial charge in [0.15, 0.2) is 0 Å². The van der Waals surface area contributed by atoms with E-state index in [-0.39, 0.29) is 11.0 Å². The lowest BCUT2D eigenvalue weighted by atomic mass is 9.79. The molecule has 0 fully saturated rings. The van der Waals surface area contributed by atoms with Crippen molar-refractivity contribution in [3.05, 3.63) is 65.0 Å². The van der Waals surface area contributed by atoms with E-state index in [1.54, 1.807) is 0 Å². The molecule has 0 aliphatic carbocycles. The number of nitrogens with zero attached hydrogens (tertiary/aromatic N) is 2. The van der Waals surface area contributed by atoms with E-state index in [2.05, 4.69) is 15.5 Å². The van der Waals surface area contributed by atoms with Gasteiger partial charge in [0.1, 0.15) is 0 Å². The Morgan fingerprint density at radius 2 is 1.85 bits per heavy atom. The fourth-order valence-corrected chi connectivity index (χ4v) is 2.98. The van der Waals surface area contributed by atoms with E-state index in [4.69, 9.17) is 10.0 Å². The molecule has 0 aliphatic heterocycles. The van der Waals surface area contributed by atoms with E-state index in [9.17, 15) is 13.2 Å². The second-order valence-corrected chi connectivity index (χ2v) is 6.35. The maximum atomic E-state index is 13.2. The highest BCUT2D eigenvalue weighted by molar-refractivity contribution is 7.14. The van der Waals surface area contributed by atoms with Crippen LogP contribution in [0.2, 0.25) is 0 Å². The molecule has 0 radical (unpaired) electrons. The van der Waals surface area contributed by atoms with Crippen molar-refractivity contribution in [2.45, 2.75) is 6.18 Å². The number of benzene rings is 2. The zero-order chi connectivity index (χ0) is 19.4. The normalized spacial score (nSPS) is 11.7. The van der Waals surface area contributed by atoms with E-state index < -0.39 is 18.9 Å². The van der Waals surface area contributed by atoms with Gasteiger partial charge < -0.3 is 10.0 Å². The monoisotopic (exact) mass is 391 g/mol. The van der Waals surface area contributed by atoms with Gasteiger partial charge in [-0.1, -0.05) is 42.5 Å². The third-order valence-corrected chi connectivity index (χ3v) is 4.37. The van der Waals surface area contributed by atoms with Crippen molar-refractivity contribution in [1.82, 2.24) is 4.98 Å². The van der Waals surface area contributed by atoms with Crippen molar-refractivity contribution < 1.29 is 23.2 Å². The Bertz CT molecular complexity index is 946. The third-order valence-electron chi connectivity index (χ3n) is 3.62. The average Bonchev–Trinajstić information content (AvgIpc) is 3.10. The Kier molecular flexibility index (Phi) is 5.59. The fraction of sp³-hybridized carbons (Fsp3) is 0.0588. The van der Waals surface area contributed by atoms with E-state index in [0.717, 1.165) is 23.5 Å². The molecule has 3 aromatic rings. The SMILES string of the molecule is OB(O)c1ccc(C=NNc2nc(-c3ccccc3)cs2)c(C(F)(F)F)c1. The molecule has 3 N–H and O–H groups in total. The lowest BCUT2D eigenvalue weighted by Crippen LogP contribution is -2.31. The molecule has 27 heavy (non-hydrogen) atoms. The summed E-state index contributed by atoms with van der Waals surface area (Å²) in [6.45, 7) is 0. The number of rotatable bonds is 5. The Balaban J connectivity index is 1.78. The second kappa shape index (κ2) is 7.91. The molecule has 0 saturated heterocycles. The van der Waals surface area contributed by atoms with Gasteiger partial charge in [-0.15, -0.1) is 11.3 Å². The van der Waals surface area contributed by atoms with Crippen LogP contribution in [0.5, 0.6) is 0 Å². The number of anilines is 1. The highest BCUT2D eigenvalue weighted by atomic mass is 32.1. The molecular formula is C17H13BF3N3O2S. The van der Waals surface area contributed by atoms with Gasteiger partial charge in [0.05, 0.1) is 17.5 Å². The van der Waals surface area contributed by atoms with Crippen LogP contribution in [0.4, 0.5) is 18.3 Å². The summed E-state index contributed by atoms with van der Waals surface area (Å²) >= 11 is 1.27. The van der Waals surface area contributed by atoms with E-state index in [1.165, 1.54) is 17.4 Å². The van der Waals surface area contributed by atoms with Gasteiger partial charge in [-0.3, -0.25) is 5.43 Å². The average molecular weight is 391 g/mol. The highest BCUT2D eigenvalue weighted by Crippen LogP contribution is 2.31. The molecule has 10 heteroatoms. The first-order valence-corrected chi connectivity index (χ1v) is 8.60. The Morgan fingerprint density at radius 3 is 2.52 bits per heavy atom. The zero-order valence-corrected chi connectivity index (χ0v) is 14.5. The van der Waals surface area contributed by atoms with Crippen LogP contribution >= 0.6 is 11.3 Å². The van der Waals surface area contributed by atoms with Gasteiger partial charge in [0.25, 0.3) is 0 Å². The molecule has 2 aromatic carbocycles. The summed E-state index contributed by atoms with van der Waals surface area (Å²) in [5.74, 6) is 0. The van der Waals surface area contributed by atoms with E-state index in [0.29, 0.717) is 11.2 Å². The summed E-state index contributed by atoms with van der Waals surface area (Å²) in [6.07, 6.45) is -3.64. The molecule has 0 spiro atoms. The first-order chi connectivity index (χ1) is 12.8. The Labute approximate surface area is 157 Å². The molecule has 5 nitrogen and oxygen atoms in total. The summed E-state index contributed by atoms with van der Waals surface area (Å²) in [7, 11) is -1.98. The first kappa shape index (κ1) is 19.1. The van der Waals surface area contributed by atoms with Crippen molar-refractivity contribution in [3.63, 3.8) is 0 Å². The van der Waals surface area contributed by atoms with Crippen molar-refractivity contribution >= 4 is 35.3 Å². The second-order valence-electron chi connectivity index (χ2n) is 5.49. The minimum atomic E-state index is -4.66. The zero-order valence-electron chi connectivity index (χ0n) is 13.7. The highest BCUT2D eigenvalue weighted by Gasteiger charge is 2.34. The lowest BCUT2D eigenvalue weighted by molar-refractivity contribution is -0.137. The molecule has 1 aromatic heterocycles. The van der Waals surface area contributed by atoms with E-state index >= 15 is 0 Å². The molecule has 0 unspecified atom stereocenters. The molecule has 0 aliphatic rings. The number of hydrogen-bond donors (Lipinski definition) is 3. The number of alkyl halides is 3. The summed E-state index contributed by atoms with van der Waals surface area (Å²) in [4.78, 5) is 4.33. The lowest BCUT2D eigenvalue weighted by Gasteiger charge is -2.11. The molecule has 1 heterocycles. The fourth-order valence-electron chi connectivity index (χ4n) is 2.32. The van der Waals surface area contributed by atoms with Crippen molar-refractivity contribution in [1.29, 1.82) is 0 Å². The smallest absolute Gasteiger partial charge is 0.423 e. The van der Waals surface area contributed by atoms with Crippen LogP contribution in [0.1, 0.15) is 11.1 Å². The van der Waals surface area contributed by atoms with Crippen LogP contribution in [-0.4, -0.2) is 28.4 Å². The summed E-state index contributed by atoms with van der Waals surface area (Å²) < 4.78 is 39.5. The first-order valence-electron chi connectivity index (χ1n) is 7.72. The molecule has 0 saturated carbocycles. The minimum Gasteiger partial charge on any atom is -0.423 e. The van der Waals surface area contributed by atoms with Crippen molar-refractivity contribution in [2.75, 3.05) is 5.43 Å². The van der Waals surface area contributed by atoms with Crippen LogP contribution in [0, 0.1) is 0 Å². The predicted molar refractivity (Wildman–Crippen MR) is 100 cm³/mol. The number of thiazole rings is 1. The summed E-state index contributed by atoms with van der Waals surface area (Å²) in [5, 5.41) is 24.2. The van der Waals surface area contributed by atoms with Crippen LogP contribution in [0.25, 0.3) is 11.3 Å². The number of hydrogen-bond acceptors (Lipinski definition) is 6. The quantitative estimate of drug-likeness (QED) is 0.355. The molecule has 138 valence electrons. The Morgan fingerprint density at radius 1 is 1.11 bits per heavy atom. The molecule has 3 rings (SSSR count). The topological polar surface area (TPSA) is 77.7 Å². The van der Waals surface area contributed by atoms with Gasteiger partial charge in [0, 0.05) is 16.5 Å². The number of nitrogens with one attached hydrogen (secondary N) is 1. The minimum absolute atomic E-state index is 0.209. The third kappa shape index (κ3) is 4.73. The van der Waals surface area contributed by atoms with Crippen molar-refractivity contribution in [3.8, 4) is 11.3 Å². The van der Waals surface area contributed by atoms with Crippen LogP contribution < -0.4 is 10.9 Å². The largest absolute Gasteiger partial charge is 0.488 e. The maximum absolute atomic E-state index is 13.2. The number of aromatic nitrogens is 1. The molecule has 0 atom stereocenters. The number of hydrazone groups is 1. The summed E-state index contributed by atoms with van der Waals surface area (Å²) in [6, 6.07) is 12.4. The van der Waals surface area contributed by atoms with Crippen LogP contribution in [0.15, 0.2) is 59.0 Å². The van der Waals surface area contributed by atoms with Gasteiger partial charge in [-0.2, -0.15) is 18.3 Å². The Hall–Kier alpha value is -2.69.